The number of benzene rings is 1. The molecular formula is C124H208O8. The third-order valence-electron chi connectivity index (χ3n) is 40.5. The second-order valence-electron chi connectivity index (χ2n) is 51.9. The van der Waals surface area contributed by atoms with E-state index in [-0.39, 0.29) is 123 Å². The lowest BCUT2D eigenvalue weighted by atomic mass is 9.52. The molecule has 8 saturated carbocycles. The number of fused-ring (bicyclic) bond motifs is 3. The molecule has 0 bridgehead atoms. The summed E-state index contributed by atoms with van der Waals surface area (Å²) in [5, 5.41) is 0. The van der Waals surface area contributed by atoms with E-state index in [2.05, 4.69) is 176 Å². The molecule has 0 aliphatic heterocycles. The molecule has 8 aliphatic rings. The third-order valence-corrected chi connectivity index (χ3v) is 40.5. The Morgan fingerprint density at radius 2 is 1.17 bits per heavy atom. The van der Waals surface area contributed by atoms with Gasteiger partial charge in [0.2, 0.25) is 0 Å². The zero-order valence-corrected chi connectivity index (χ0v) is 90.2. The number of carbonyl (C=O) groups excluding carboxylic acids is 8. The molecule has 1 aromatic rings. The monoisotopic (exact) mass is 1830 g/mol. The minimum Gasteiger partial charge on any atom is -0.299 e. The molecule has 0 spiro atoms. The number of carbonyl (C=O) groups is 8. The van der Waals surface area contributed by atoms with Gasteiger partial charge in [0.05, 0.1) is 0 Å². The maximum atomic E-state index is 17.1. The van der Waals surface area contributed by atoms with E-state index >= 15 is 28.8 Å². The van der Waals surface area contributed by atoms with Crippen molar-refractivity contribution in [2.75, 3.05) is 0 Å². The SMILES string of the molecule is C=C(CC(C)C(=O)C(CC(=O)C(C)C)C1CCCCC1)[C@H](C)CC(CCC)C(CCCCC(C)C(C)C)CC(C)C1(CC(=O)C2CC3CC4CCCCC4CC3C(C(CC(=O)C3CCC(=O)[C@H](CCCCC(C)C(C)C)CC(C)[C@H](CC4CCC5C(C)CCCC45)CC(=O)[C@H](C(C)C)CC(C)C(CC(=O)C(C)(C)CCC)C(=O)C(C)C(C)(C)C3)Cc3ccccc3)C2)CCCCC1. The summed E-state index contributed by atoms with van der Waals surface area (Å²) in [6, 6.07) is 11.1. The number of hydrogen-bond acceptors (Lipinski definition) is 8. The van der Waals surface area contributed by atoms with Gasteiger partial charge < -0.3 is 0 Å². The van der Waals surface area contributed by atoms with E-state index in [1.54, 1.807) is 0 Å². The highest BCUT2D eigenvalue weighted by molar-refractivity contribution is 5.93. The first kappa shape index (κ1) is 112. The summed E-state index contributed by atoms with van der Waals surface area (Å²) in [6.45, 7) is 56.9. The first-order chi connectivity index (χ1) is 62.6. The normalized spacial score (nSPS) is 31.4. The maximum Gasteiger partial charge on any atom is 0.140 e. The fourth-order valence-corrected chi connectivity index (χ4v) is 30.1. The molecule has 23 unspecified atom stereocenters. The Labute approximate surface area is 813 Å². The Morgan fingerprint density at radius 1 is 0.538 bits per heavy atom. The van der Waals surface area contributed by atoms with Crippen LogP contribution in [0, 0.1) is 206 Å². The first-order valence-electron chi connectivity index (χ1n) is 57.5. The lowest BCUT2D eigenvalue weighted by Crippen LogP contribution is -2.47. The Hall–Kier alpha value is -3.68. The lowest BCUT2D eigenvalue weighted by Gasteiger charge is -2.53. The van der Waals surface area contributed by atoms with Gasteiger partial charge in [-0.15, -0.1) is 0 Å². The molecule has 0 heterocycles. The highest BCUT2D eigenvalue weighted by Gasteiger charge is 2.53. The van der Waals surface area contributed by atoms with Crippen molar-refractivity contribution in [1.29, 1.82) is 0 Å². The summed E-state index contributed by atoms with van der Waals surface area (Å²) in [7, 11) is 0. The zero-order chi connectivity index (χ0) is 96.6. The first-order valence-corrected chi connectivity index (χ1v) is 57.5. The quantitative estimate of drug-likeness (QED) is 0.0465. The number of ketones is 8. The minimum atomic E-state index is -0.690. The highest BCUT2D eigenvalue weighted by atomic mass is 16.2. The predicted octanol–water partition coefficient (Wildman–Crippen LogP) is 33.7. The van der Waals surface area contributed by atoms with E-state index in [1.807, 2.05) is 13.8 Å². The molecule has 8 fully saturated rings. The molecule has 752 valence electrons. The molecule has 1 aromatic carbocycles. The van der Waals surface area contributed by atoms with Crippen LogP contribution in [0.1, 0.15) is 479 Å². The van der Waals surface area contributed by atoms with Gasteiger partial charge in [-0.05, 0) is 294 Å². The number of unbranched alkanes of at least 4 members (excludes halogenated alkanes) is 2. The van der Waals surface area contributed by atoms with Gasteiger partial charge in [0.15, 0.2) is 0 Å². The maximum absolute atomic E-state index is 17.1. The van der Waals surface area contributed by atoms with E-state index in [1.165, 1.54) is 140 Å². The molecule has 0 N–H and O–H groups in total. The van der Waals surface area contributed by atoms with Gasteiger partial charge in [0.25, 0.3) is 0 Å². The summed E-state index contributed by atoms with van der Waals surface area (Å²) in [5.74, 6) is 9.21. The van der Waals surface area contributed by atoms with Gasteiger partial charge >= 0.3 is 0 Å². The third kappa shape index (κ3) is 31.7. The van der Waals surface area contributed by atoms with Crippen LogP contribution in [-0.2, 0) is 44.8 Å². The van der Waals surface area contributed by atoms with Gasteiger partial charge in [-0.1, -0.05) is 343 Å². The van der Waals surface area contributed by atoms with Crippen LogP contribution < -0.4 is 0 Å². The van der Waals surface area contributed by atoms with Crippen molar-refractivity contribution in [1.82, 2.24) is 0 Å². The number of hydrogen-bond donors (Lipinski definition) is 0. The zero-order valence-electron chi connectivity index (χ0n) is 90.2. The van der Waals surface area contributed by atoms with Gasteiger partial charge in [0, 0.05) is 97.2 Å². The molecule has 0 aromatic heterocycles. The molecule has 132 heavy (non-hydrogen) atoms. The average molecular weight is 1830 g/mol. The molecule has 8 nitrogen and oxygen atoms in total. The van der Waals surface area contributed by atoms with Crippen LogP contribution in [0.15, 0.2) is 42.5 Å². The van der Waals surface area contributed by atoms with Crippen LogP contribution in [0.2, 0.25) is 0 Å². The molecule has 0 amide bonds. The second kappa shape index (κ2) is 53.3. The van der Waals surface area contributed by atoms with Crippen LogP contribution in [0.4, 0.5) is 0 Å². The molecule has 9 rings (SSSR count). The van der Waals surface area contributed by atoms with Crippen LogP contribution in [-0.4, -0.2) is 46.3 Å². The fourth-order valence-electron chi connectivity index (χ4n) is 30.1. The van der Waals surface area contributed by atoms with Gasteiger partial charge in [0.1, 0.15) is 46.3 Å². The fraction of sp³-hybridized carbons (Fsp3) is 0.871. The van der Waals surface area contributed by atoms with E-state index in [4.69, 9.17) is 6.58 Å². The lowest BCUT2D eigenvalue weighted by molar-refractivity contribution is -0.139. The molecular weight excluding hydrogens is 1620 g/mol. The van der Waals surface area contributed by atoms with Crippen LogP contribution in [0.25, 0.3) is 0 Å². The summed E-state index contributed by atoms with van der Waals surface area (Å²) in [5.41, 5.74) is 1.06. The Balaban J connectivity index is 1.06. The summed E-state index contributed by atoms with van der Waals surface area (Å²) < 4.78 is 0. The number of Topliss-reactive ketones (excluding diaryl/α,β-unsaturated/α-hetero) is 8. The van der Waals surface area contributed by atoms with Crippen molar-refractivity contribution in [3.8, 4) is 0 Å². The van der Waals surface area contributed by atoms with E-state index in [0.29, 0.717) is 152 Å². The molecule has 8 aliphatic carbocycles. The van der Waals surface area contributed by atoms with Gasteiger partial charge in [-0.25, -0.2) is 0 Å². The second-order valence-corrected chi connectivity index (χ2v) is 51.9. The Morgan fingerprint density at radius 3 is 1.80 bits per heavy atom. The predicted molar refractivity (Wildman–Crippen MR) is 555 cm³/mol. The van der Waals surface area contributed by atoms with Crippen LogP contribution in [0.5, 0.6) is 0 Å². The van der Waals surface area contributed by atoms with Crippen molar-refractivity contribution in [2.24, 2.45) is 206 Å². The number of allylic oxidation sites excluding steroid dienone is 1. The van der Waals surface area contributed by atoms with Crippen molar-refractivity contribution < 1.29 is 38.4 Å². The number of rotatable bonds is 46. The largest absolute Gasteiger partial charge is 0.299 e. The van der Waals surface area contributed by atoms with Crippen LogP contribution >= 0.6 is 0 Å². The highest BCUT2D eigenvalue weighted by Crippen LogP contribution is 2.59. The summed E-state index contributed by atoms with van der Waals surface area (Å²) >= 11 is 0. The topological polar surface area (TPSA) is 137 Å². The molecule has 8 heteroatoms. The summed E-state index contributed by atoms with van der Waals surface area (Å²) in [6.07, 6.45) is 49.2. The van der Waals surface area contributed by atoms with Crippen molar-refractivity contribution in [3.05, 3.63) is 48.0 Å². The molecule has 0 saturated heterocycles. The van der Waals surface area contributed by atoms with E-state index in [0.717, 1.165) is 140 Å². The Kier molecular flexibility index (Phi) is 45.2. The average Bonchev–Trinajstić information content (AvgIpc) is 0.958. The van der Waals surface area contributed by atoms with E-state index < -0.39 is 28.6 Å². The van der Waals surface area contributed by atoms with Gasteiger partial charge in [-0.3, -0.25) is 38.4 Å². The minimum absolute atomic E-state index is 0.0116. The molecule has 0 radical (unpaired) electrons. The summed E-state index contributed by atoms with van der Waals surface area (Å²) in [4.78, 5) is 126. The smallest absolute Gasteiger partial charge is 0.140 e. The van der Waals surface area contributed by atoms with E-state index in [9.17, 15) is 9.59 Å². The standard InChI is InChI=1S/C124H208O8/c1-25-43-96(64-88(15)87(14)63-91(18)120(131)113(76-115(126)83(9)10)95-49-32-28-33-50-95)97(51-36-34-44-84(11)80(3)4)67-92(19)124(61-40-29-41-62-124)79-118(129)106-71-105-69-98-52-38-39-53-99(98)72-111(105)112(73-106)104(68-94-47-30-27-31-48-94)75-116(127)102-57-59-114(125)101(54-37-35-45-85(12)81(5)6)65-89(16)103(70-100-56-58-107-86(13)46-42-55-108(100)107)74-117(128)109(82(7)8)66-90(17)110(77-119(130)122(21,22)60-26-2)121(132)93(20)123(23,24)78-102/h27,30-31,47-48,80-86,88-93,95-113H,14,25-26,28-29,32-46,49-79H2,1-13,15-24H3/t84?,85?,86?,88-,89?,90?,91?,92?,93?,96?,97?,98?,99?,100?,101-,102?,103-,104?,105?,106?,107?,108?,109+,110?,111?,112?,113?/m1/s1. The van der Waals surface area contributed by atoms with Crippen molar-refractivity contribution in [3.63, 3.8) is 0 Å². The van der Waals surface area contributed by atoms with Crippen molar-refractivity contribution >= 4 is 46.3 Å². The Bertz CT molecular complexity index is 3680. The van der Waals surface area contributed by atoms with Gasteiger partial charge in [-0.2, -0.15) is 0 Å². The van der Waals surface area contributed by atoms with Crippen molar-refractivity contribution in [2.45, 2.75) is 480 Å². The van der Waals surface area contributed by atoms with Crippen LogP contribution in [0.3, 0.4) is 0 Å². The molecule has 27 atom stereocenters.